The highest BCUT2D eigenvalue weighted by Crippen LogP contribution is 2.25. The number of hydrogen-bond donors (Lipinski definition) is 1. The Labute approximate surface area is 107 Å². The number of rotatable bonds is 4. The normalized spacial score (nSPS) is 22.7. The molecule has 1 saturated heterocycles. The van der Waals surface area contributed by atoms with E-state index in [2.05, 4.69) is 27.2 Å². The first kappa shape index (κ1) is 13.2. The van der Waals surface area contributed by atoms with E-state index in [1.54, 1.807) is 19.5 Å². The molecule has 0 aromatic carbocycles. The van der Waals surface area contributed by atoms with E-state index in [1.807, 2.05) is 7.05 Å². The van der Waals surface area contributed by atoms with Crippen LogP contribution in [0.2, 0.25) is 0 Å². The summed E-state index contributed by atoms with van der Waals surface area (Å²) in [5.74, 6) is 0.550. The van der Waals surface area contributed by atoms with Crippen LogP contribution in [-0.2, 0) is 4.74 Å². The quantitative estimate of drug-likeness (QED) is 0.818. The number of morpholine rings is 1. The van der Waals surface area contributed by atoms with Gasteiger partial charge in [0.15, 0.2) is 0 Å². The Morgan fingerprint density at radius 3 is 2.94 bits per heavy atom. The van der Waals surface area contributed by atoms with Crippen molar-refractivity contribution in [3.05, 3.63) is 18.1 Å². The van der Waals surface area contributed by atoms with Gasteiger partial charge >= 0.3 is 0 Å². The zero-order valence-electron chi connectivity index (χ0n) is 11.1. The molecular weight excluding hydrogens is 232 g/mol. The first-order valence-corrected chi connectivity index (χ1v) is 6.08. The number of nitrogens with zero attached hydrogens (tertiary/aromatic N) is 3. The van der Waals surface area contributed by atoms with Crippen LogP contribution in [-0.4, -0.2) is 61.9 Å². The molecule has 18 heavy (non-hydrogen) atoms. The van der Waals surface area contributed by atoms with Crippen molar-refractivity contribution in [3.63, 3.8) is 0 Å². The Hall–Kier alpha value is -1.24. The summed E-state index contributed by atoms with van der Waals surface area (Å²) in [6.07, 6.45) is 3.36. The minimum Gasteiger partial charge on any atom is -0.480 e. The summed E-state index contributed by atoms with van der Waals surface area (Å²) in [7, 11) is 5.60. The van der Waals surface area contributed by atoms with Crippen molar-refractivity contribution in [3.8, 4) is 5.88 Å². The first-order chi connectivity index (χ1) is 8.76. The molecule has 1 aromatic rings. The molecule has 0 amide bonds. The molecule has 2 heterocycles. The Morgan fingerprint density at radius 1 is 1.50 bits per heavy atom. The molecule has 0 spiro atoms. The van der Waals surface area contributed by atoms with Gasteiger partial charge in [0.2, 0.25) is 5.88 Å². The van der Waals surface area contributed by atoms with Crippen molar-refractivity contribution in [2.75, 3.05) is 40.9 Å². The van der Waals surface area contributed by atoms with Crippen LogP contribution in [0.3, 0.4) is 0 Å². The molecule has 0 bridgehead atoms. The highest BCUT2D eigenvalue weighted by atomic mass is 16.5. The Balaban J connectivity index is 2.21. The van der Waals surface area contributed by atoms with E-state index < -0.39 is 0 Å². The van der Waals surface area contributed by atoms with Gasteiger partial charge in [-0.3, -0.25) is 4.98 Å². The second-order valence-corrected chi connectivity index (χ2v) is 4.39. The van der Waals surface area contributed by atoms with Crippen LogP contribution in [0.25, 0.3) is 0 Å². The molecule has 6 nitrogen and oxygen atoms in total. The lowest BCUT2D eigenvalue weighted by atomic mass is 10.1. The molecule has 2 rings (SSSR count). The molecule has 1 aliphatic heterocycles. The number of ether oxygens (including phenoxy) is 2. The van der Waals surface area contributed by atoms with E-state index in [-0.39, 0.29) is 12.1 Å². The van der Waals surface area contributed by atoms with Gasteiger partial charge in [-0.05, 0) is 14.1 Å². The second-order valence-electron chi connectivity index (χ2n) is 4.39. The summed E-state index contributed by atoms with van der Waals surface area (Å²) in [5, 5.41) is 3.25. The maximum Gasteiger partial charge on any atom is 0.237 e. The van der Waals surface area contributed by atoms with Gasteiger partial charge < -0.3 is 19.7 Å². The lowest BCUT2D eigenvalue weighted by Gasteiger charge is -2.34. The highest BCUT2D eigenvalue weighted by Gasteiger charge is 2.30. The van der Waals surface area contributed by atoms with Gasteiger partial charge in [0.1, 0.15) is 5.69 Å². The van der Waals surface area contributed by atoms with Crippen LogP contribution < -0.4 is 10.1 Å². The average molecular weight is 252 g/mol. The third-order valence-electron chi connectivity index (χ3n) is 3.16. The fourth-order valence-corrected chi connectivity index (χ4v) is 2.22. The molecule has 1 N–H and O–H groups in total. The third kappa shape index (κ3) is 2.77. The van der Waals surface area contributed by atoms with Crippen molar-refractivity contribution >= 4 is 0 Å². The van der Waals surface area contributed by atoms with Crippen molar-refractivity contribution in [2.45, 2.75) is 12.1 Å². The van der Waals surface area contributed by atoms with Gasteiger partial charge in [-0.2, -0.15) is 0 Å². The summed E-state index contributed by atoms with van der Waals surface area (Å²) < 4.78 is 11.1. The Morgan fingerprint density at radius 2 is 2.28 bits per heavy atom. The number of methoxy groups -OCH3 is 1. The molecule has 1 fully saturated rings. The summed E-state index contributed by atoms with van der Waals surface area (Å²) >= 11 is 0. The van der Waals surface area contributed by atoms with Crippen molar-refractivity contribution in [2.24, 2.45) is 0 Å². The summed E-state index contributed by atoms with van der Waals surface area (Å²) in [6.45, 7) is 2.57. The predicted octanol–water partition coefficient (Wildman–Crippen LogP) is 0.0763. The van der Waals surface area contributed by atoms with Crippen molar-refractivity contribution in [1.29, 1.82) is 0 Å². The van der Waals surface area contributed by atoms with Crippen LogP contribution in [0.4, 0.5) is 0 Å². The fraction of sp³-hybridized carbons (Fsp3) is 0.667. The van der Waals surface area contributed by atoms with E-state index in [0.29, 0.717) is 5.88 Å². The lowest BCUT2D eigenvalue weighted by molar-refractivity contribution is -0.0391. The van der Waals surface area contributed by atoms with Crippen LogP contribution in [0.5, 0.6) is 5.88 Å². The van der Waals surface area contributed by atoms with E-state index in [0.717, 1.165) is 25.4 Å². The van der Waals surface area contributed by atoms with Crippen molar-refractivity contribution < 1.29 is 9.47 Å². The third-order valence-corrected chi connectivity index (χ3v) is 3.16. The molecule has 1 aromatic heterocycles. The Kier molecular flexibility index (Phi) is 4.46. The van der Waals surface area contributed by atoms with Crippen molar-refractivity contribution in [1.82, 2.24) is 20.2 Å². The van der Waals surface area contributed by atoms with Gasteiger partial charge in [-0.15, -0.1) is 0 Å². The Bertz CT molecular complexity index is 388. The number of hydrogen-bond acceptors (Lipinski definition) is 6. The second kappa shape index (κ2) is 6.08. The monoisotopic (exact) mass is 252 g/mol. The van der Waals surface area contributed by atoms with Crippen LogP contribution in [0.15, 0.2) is 12.4 Å². The van der Waals surface area contributed by atoms with Gasteiger partial charge in [0.25, 0.3) is 0 Å². The van der Waals surface area contributed by atoms with E-state index in [1.165, 1.54) is 0 Å². The smallest absolute Gasteiger partial charge is 0.237 e. The summed E-state index contributed by atoms with van der Waals surface area (Å²) in [4.78, 5) is 10.8. The maximum atomic E-state index is 5.83. The largest absolute Gasteiger partial charge is 0.480 e. The molecule has 2 unspecified atom stereocenters. The maximum absolute atomic E-state index is 5.83. The zero-order valence-corrected chi connectivity index (χ0v) is 11.1. The molecule has 2 atom stereocenters. The molecular formula is C12H20N4O2. The summed E-state index contributed by atoms with van der Waals surface area (Å²) in [6, 6.07) is -0.0172. The molecule has 0 radical (unpaired) electrons. The molecule has 6 heteroatoms. The van der Waals surface area contributed by atoms with Gasteiger partial charge in [0, 0.05) is 25.5 Å². The topological polar surface area (TPSA) is 59.5 Å². The molecule has 1 aliphatic rings. The summed E-state index contributed by atoms with van der Waals surface area (Å²) in [5.41, 5.74) is 0.794. The molecule has 100 valence electrons. The predicted molar refractivity (Wildman–Crippen MR) is 67.6 cm³/mol. The zero-order chi connectivity index (χ0) is 13.0. The van der Waals surface area contributed by atoms with Gasteiger partial charge in [-0.25, -0.2) is 4.98 Å². The van der Waals surface area contributed by atoms with Crippen LogP contribution >= 0.6 is 0 Å². The van der Waals surface area contributed by atoms with E-state index >= 15 is 0 Å². The molecule has 0 aliphatic carbocycles. The van der Waals surface area contributed by atoms with Crippen LogP contribution in [0.1, 0.15) is 11.7 Å². The number of nitrogens with one attached hydrogen (secondary N) is 1. The first-order valence-electron chi connectivity index (χ1n) is 6.08. The van der Waals surface area contributed by atoms with Crippen LogP contribution in [0, 0.1) is 0 Å². The number of aromatic nitrogens is 2. The van der Waals surface area contributed by atoms with Gasteiger partial charge in [0.05, 0.1) is 25.9 Å². The standard InChI is InChI=1S/C12H20N4O2/c1-13-10(9-8-16(2)6-7-18-9)11-12(17-3)15-5-4-14-11/h4-5,9-10,13H,6-8H2,1-3H3. The SMILES string of the molecule is CNC(c1nccnc1OC)C1CN(C)CCO1. The van der Waals surface area contributed by atoms with E-state index in [4.69, 9.17) is 9.47 Å². The minimum absolute atomic E-state index is 0.0172. The van der Waals surface area contributed by atoms with E-state index in [9.17, 15) is 0 Å². The fourth-order valence-electron chi connectivity index (χ4n) is 2.22. The van der Waals surface area contributed by atoms with Gasteiger partial charge in [-0.1, -0.05) is 0 Å². The highest BCUT2D eigenvalue weighted by molar-refractivity contribution is 5.22. The lowest BCUT2D eigenvalue weighted by Crippen LogP contribution is -2.46. The molecule has 0 saturated carbocycles. The average Bonchev–Trinajstić information content (AvgIpc) is 2.40. The minimum atomic E-state index is -0.0172. The number of likely N-dealkylation sites (N-methyl/N-ethyl adjacent to an activating group) is 2.